The van der Waals surface area contributed by atoms with Crippen LogP contribution in [0.3, 0.4) is 0 Å². The molecule has 0 aliphatic rings. The van der Waals surface area contributed by atoms with Crippen LogP contribution < -0.4 is 0 Å². The number of nitro benzene ring substituents is 1. The van der Waals surface area contributed by atoms with Gasteiger partial charge in [0.1, 0.15) is 5.02 Å². The van der Waals surface area contributed by atoms with Crippen molar-refractivity contribution < 1.29 is 4.92 Å². The summed E-state index contributed by atoms with van der Waals surface area (Å²) < 4.78 is 0. The molecule has 1 rings (SSSR count). The van der Waals surface area contributed by atoms with Gasteiger partial charge in [-0.3, -0.25) is 10.1 Å². The molecule has 0 aliphatic carbocycles. The van der Waals surface area contributed by atoms with Crippen LogP contribution in [0.1, 0.15) is 0 Å². The van der Waals surface area contributed by atoms with Crippen molar-refractivity contribution in [3.05, 3.63) is 38.4 Å². The van der Waals surface area contributed by atoms with Gasteiger partial charge < -0.3 is 0 Å². The minimum absolute atomic E-state index is 0.0671. The summed E-state index contributed by atoms with van der Waals surface area (Å²) in [6.45, 7) is 0. The summed E-state index contributed by atoms with van der Waals surface area (Å²) in [6, 6.07) is 5.01. The molecular formula is C6H2Cl2NO2. The first-order chi connectivity index (χ1) is 5.11. The Balaban J connectivity index is 3.20. The molecule has 57 valence electrons. The van der Waals surface area contributed by atoms with E-state index in [0.29, 0.717) is 0 Å². The Kier molecular flexibility index (Phi) is 2.31. The van der Waals surface area contributed by atoms with Crippen molar-refractivity contribution in [1.29, 1.82) is 0 Å². The van der Waals surface area contributed by atoms with E-state index in [2.05, 4.69) is 6.07 Å². The van der Waals surface area contributed by atoms with Gasteiger partial charge >= 0.3 is 0 Å². The molecule has 0 unspecified atom stereocenters. The predicted molar refractivity (Wildman–Crippen MR) is 42.0 cm³/mol. The van der Waals surface area contributed by atoms with Crippen molar-refractivity contribution in [2.75, 3.05) is 0 Å². The molecule has 0 fully saturated rings. The van der Waals surface area contributed by atoms with Gasteiger partial charge in [0, 0.05) is 12.1 Å². The van der Waals surface area contributed by atoms with Crippen molar-refractivity contribution in [3.8, 4) is 0 Å². The monoisotopic (exact) mass is 190 g/mol. The highest BCUT2D eigenvalue weighted by molar-refractivity contribution is 6.35. The van der Waals surface area contributed by atoms with Gasteiger partial charge in [-0.1, -0.05) is 23.2 Å². The quantitative estimate of drug-likeness (QED) is 0.505. The lowest BCUT2D eigenvalue weighted by Gasteiger charge is -1.92. The van der Waals surface area contributed by atoms with Crippen LogP contribution in [0.4, 0.5) is 5.69 Å². The molecule has 11 heavy (non-hydrogen) atoms. The fraction of sp³-hybridized carbons (Fsp3) is 0. The van der Waals surface area contributed by atoms with Gasteiger partial charge in [0.15, 0.2) is 0 Å². The summed E-state index contributed by atoms with van der Waals surface area (Å²) >= 11 is 10.9. The summed E-state index contributed by atoms with van der Waals surface area (Å²) in [6.07, 6.45) is 0. The number of nitrogens with zero attached hydrogens (tertiary/aromatic N) is 1. The zero-order valence-electron chi connectivity index (χ0n) is 5.17. The maximum Gasteiger partial charge on any atom is 0.288 e. The minimum atomic E-state index is -0.588. The van der Waals surface area contributed by atoms with Crippen LogP contribution >= 0.6 is 23.2 Å². The molecule has 0 heterocycles. The van der Waals surface area contributed by atoms with Gasteiger partial charge in [-0.15, -0.1) is 0 Å². The van der Waals surface area contributed by atoms with E-state index in [1.165, 1.54) is 12.1 Å². The number of hydrogen-bond donors (Lipinski definition) is 0. The average Bonchev–Trinajstić information content (AvgIpc) is 1.85. The van der Waals surface area contributed by atoms with Crippen molar-refractivity contribution in [2.45, 2.75) is 0 Å². The number of nitro groups is 1. The second kappa shape index (κ2) is 3.07. The van der Waals surface area contributed by atoms with E-state index in [-0.39, 0.29) is 15.7 Å². The first-order valence-corrected chi connectivity index (χ1v) is 3.38. The Labute approximate surface area is 72.7 Å². The van der Waals surface area contributed by atoms with E-state index >= 15 is 0 Å². The highest BCUT2D eigenvalue weighted by atomic mass is 35.5. The molecule has 0 amide bonds. The molecule has 5 heteroatoms. The Morgan fingerprint density at radius 1 is 1.45 bits per heavy atom. The summed E-state index contributed by atoms with van der Waals surface area (Å²) in [7, 11) is 0. The van der Waals surface area contributed by atoms with Crippen LogP contribution in [0.5, 0.6) is 0 Å². The maximum atomic E-state index is 10.2. The molecule has 0 aliphatic heterocycles. The zero-order valence-corrected chi connectivity index (χ0v) is 6.69. The zero-order chi connectivity index (χ0) is 8.43. The van der Waals surface area contributed by atoms with E-state index in [9.17, 15) is 10.1 Å². The molecule has 0 N–H and O–H groups in total. The van der Waals surface area contributed by atoms with Crippen LogP contribution in [0.15, 0.2) is 12.1 Å². The van der Waals surface area contributed by atoms with Crippen LogP contribution in [-0.2, 0) is 0 Å². The SMILES string of the molecule is O=[N+]([O-])c1ccc(Cl)[c]c1Cl. The van der Waals surface area contributed by atoms with Gasteiger partial charge in [0.05, 0.1) is 9.95 Å². The van der Waals surface area contributed by atoms with Crippen molar-refractivity contribution in [2.24, 2.45) is 0 Å². The summed E-state index contributed by atoms with van der Waals surface area (Å²) in [5.74, 6) is 0. The molecule has 1 radical (unpaired) electrons. The third-order valence-corrected chi connectivity index (χ3v) is 1.55. The summed E-state index contributed by atoms with van der Waals surface area (Å²) in [5.41, 5.74) is -0.184. The van der Waals surface area contributed by atoms with E-state index in [1.807, 2.05) is 0 Å². The first kappa shape index (κ1) is 8.30. The van der Waals surface area contributed by atoms with E-state index in [1.54, 1.807) is 0 Å². The van der Waals surface area contributed by atoms with Crippen LogP contribution in [-0.4, -0.2) is 4.92 Å². The lowest BCUT2D eigenvalue weighted by atomic mass is 10.3. The standard InChI is InChI=1S/C6H2Cl2NO2/c7-4-1-2-6(9(10)11)5(8)3-4/h1-2H. The van der Waals surface area contributed by atoms with Crippen LogP contribution in [0, 0.1) is 16.2 Å². The Morgan fingerprint density at radius 2 is 2.09 bits per heavy atom. The Morgan fingerprint density at radius 3 is 2.55 bits per heavy atom. The molecule has 0 saturated heterocycles. The number of halogens is 2. The smallest absolute Gasteiger partial charge is 0.258 e. The molecule has 0 aromatic heterocycles. The fourth-order valence-corrected chi connectivity index (χ4v) is 1.02. The number of rotatable bonds is 1. The molecule has 0 atom stereocenters. The van der Waals surface area contributed by atoms with Crippen molar-refractivity contribution >= 4 is 28.9 Å². The Hall–Kier alpha value is -0.800. The van der Waals surface area contributed by atoms with Gasteiger partial charge in [-0.25, -0.2) is 0 Å². The van der Waals surface area contributed by atoms with E-state index in [4.69, 9.17) is 23.2 Å². The summed E-state index contributed by atoms with van der Waals surface area (Å²) in [5, 5.41) is 10.4. The lowest BCUT2D eigenvalue weighted by Crippen LogP contribution is -1.88. The lowest BCUT2D eigenvalue weighted by molar-refractivity contribution is -0.384. The average molecular weight is 191 g/mol. The van der Waals surface area contributed by atoms with Gasteiger partial charge in [-0.05, 0) is 6.07 Å². The van der Waals surface area contributed by atoms with Crippen LogP contribution in [0.2, 0.25) is 10.0 Å². The molecule has 1 aromatic rings. The normalized spacial score (nSPS) is 9.64. The first-order valence-electron chi connectivity index (χ1n) is 2.63. The van der Waals surface area contributed by atoms with Crippen molar-refractivity contribution in [1.82, 2.24) is 0 Å². The molecule has 0 spiro atoms. The van der Waals surface area contributed by atoms with Crippen LogP contribution in [0.25, 0.3) is 0 Å². The van der Waals surface area contributed by atoms with Crippen molar-refractivity contribution in [3.63, 3.8) is 0 Å². The second-order valence-corrected chi connectivity index (χ2v) is 2.55. The fourth-order valence-electron chi connectivity index (χ4n) is 0.577. The second-order valence-electron chi connectivity index (χ2n) is 1.76. The molecule has 0 bridgehead atoms. The third kappa shape index (κ3) is 1.82. The van der Waals surface area contributed by atoms with E-state index < -0.39 is 4.92 Å². The highest BCUT2D eigenvalue weighted by Crippen LogP contribution is 2.25. The number of benzene rings is 1. The maximum absolute atomic E-state index is 10.2. The third-order valence-electron chi connectivity index (χ3n) is 1.04. The largest absolute Gasteiger partial charge is 0.288 e. The predicted octanol–water partition coefficient (Wildman–Crippen LogP) is 2.70. The molecule has 0 saturated carbocycles. The molecular weight excluding hydrogens is 189 g/mol. The Bertz CT molecular complexity index is 301. The number of hydrogen-bond acceptors (Lipinski definition) is 2. The highest BCUT2D eigenvalue weighted by Gasteiger charge is 2.11. The minimum Gasteiger partial charge on any atom is -0.258 e. The van der Waals surface area contributed by atoms with Gasteiger partial charge in [-0.2, -0.15) is 0 Å². The molecule has 3 nitrogen and oxygen atoms in total. The summed E-state index contributed by atoms with van der Waals surface area (Å²) in [4.78, 5) is 9.60. The van der Waals surface area contributed by atoms with Gasteiger partial charge in [0.2, 0.25) is 0 Å². The van der Waals surface area contributed by atoms with E-state index in [0.717, 1.165) is 0 Å². The molecule has 1 aromatic carbocycles. The van der Waals surface area contributed by atoms with Gasteiger partial charge in [0.25, 0.3) is 5.69 Å². The topological polar surface area (TPSA) is 43.1 Å².